The number of halogens is 1. The summed E-state index contributed by atoms with van der Waals surface area (Å²) in [6.07, 6.45) is 8.73. The van der Waals surface area contributed by atoms with E-state index < -0.39 is 0 Å². The Labute approximate surface area is 211 Å². The van der Waals surface area contributed by atoms with Crippen LogP contribution in [0.1, 0.15) is 42.1 Å². The Morgan fingerprint density at radius 3 is 2.82 bits per heavy atom. The molecular formula is C23H27ClN8S2. The van der Waals surface area contributed by atoms with Crippen LogP contribution in [0.5, 0.6) is 0 Å². The van der Waals surface area contributed by atoms with Crippen molar-refractivity contribution in [2.75, 3.05) is 18.0 Å². The van der Waals surface area contributed by atoms with Gasteiger partial charge in [-0.1, -0.05) is 29.4 Å². The number of nitrogens with zero attached hydrogens (tertiary/aromatic N) is 6. The third-order valence-corrected chi connectivity index (χ3v) is 9.62. The van der Waals surface area contributed by atoms with Crippen LogP contribution in [0.15, 0.2) is 49.6 Å². The van der Waals surface area contributed by atoms with Gasteiger partial charge in [0.1, 0.15) is 5.82 Å². The van der Waals surface area contributed by atoms with Crippen LogP contribution in [0, 0.1) is 12.3 Å². The maximum absolute atomic E-state index is 6.67. The van der Waals surface area contributed by atoms with E-state index in [2.05, 4.69) is 31.0 Å². The van der Waals surface area contributed by atoms with Gasteiger partial charge in [-0.05, 0) is 45.2 Å². The fourth-order valence-electron chi connectivity index (χ4n) is 4.95. The number of aliphatic imine (C=N–C) groups is 1. The van der Waals surface area contributed by atoms with Crippen molar-refractivity contribution in [3.63, 3.8) is 0 Å². The first-order valence-electron chi connectivity index (χ1n) is 11.1. The normalized spacial score (nSPS) is 20.6. The topological polar surface area (TPSA) is 111 Å². The maximum Gasteiger partial charge on any atom is 0.211 e. The highest BCUT2D eigenvalue weighted by Crippen LogP contribution is 2.51. The lowest BCUT2D eigenvalue weighted by Gasteiger charge is -2.42. The number of imidazole rings is 1. The highest BCUT2D eigenvalue weighted by atomic mass is 35.5. The van der Waals surface area contributed by atoms with Gasteiger partial charge >= 0.3 is 0 Å². The molecule has 4 N–H and O–H groups in total. The Morgan fingerprint density at radius 2 is 2.15 bits per heavy atom. The summed E-state index contributed by atoms with van der Waals surface area (Å²) in [5, 5.41) is 0.368. The Hall–Kier alpha value is -2.40. The number of nitrogens with two attached hydrogens (primary N) is 2. The summed E-state index contributed by atoms with van der Waals surface area (Å²) in [7, 11) is 0. The van der Waals surface area contributed by atoms with E-state index >= 15 is 0 Å². The SMILES string of the molecule is C=N/C(N)=C(Cl)\C(=C/C)Sc1c(C)nc(N2CCC3(CC2)Cc2scnc2[C@H]3N)n2ccnc12. The molecule has 11 heteroatoms. The van der Waals surface area contributed by atoms with Crippen LogP contribution in [0.2, 0.25) is 0 Å². The molecule has 1 spiro atoms. The van der Waals surface area contributed by atoms with Crippen LogP contribution >= 0.6 is 34.7 Å². The number of aryl methyl sites for hydroxylation is 1. The number of anilines is 1. The van der Waals surface area contributed by atoms with E-state index in [4.69, 9.17) is 28.1 Å². The van der Waals surface area contributed by atoms with Gasteiger partial charge in [-0.3, -0.25) is 4.40 Å². The second kappa shape index (κ2) is 8.99. The first-order chi connectivity index (χ1) is 16.4. The van der Waals surface area contributed by atoms with E-state index in [9.17, 15) is 0 Å². The molecule has 1 aliphatic carbocycles. The van der Waals surface area contributed by atoms with Crippen LogP contribution in [0.4, 0.5) is 5.95 Å². The minimum absolute atomic E-state index is 0.0205. The molecule has 8 nitrogen and oxygen atoms in total. The third-order valence-electron chi connectivity index (χ3n) is 6.92. The van der Waals surface area contributed by atoms with Crippen molar-refractivity contribution in [1.82, 2.24) is 19.4 Å². The summed E-state index contributed by atoms with van der Waals surface area (Å²) in [5.41, 5.74) is 17.4. The number of hydrogen-bond acceptors (Lipinski definition) is 9. The first kappa shape index (κ1) is 23.3. The van der Waals surface area contributed by atoms with Crippen molar-refractivity contribution >= 4 is 53.0 Å². The highest BCUT2D eigenvalue weighted by molar-refractivity contribution is 8.03. The molecule has 34 heavy (non-hydrogen) atoms. The smallest absolute Gasteiger partial charge is 0.211 e. The van der Waals surface area contributed by atoms with E-state index in [1.165, 1.54) is 16.6 Å². The predicted molar refractivity (Wildman–Crippen MR) is 141 cm³/mol. The second-order valence-electron chi connectivity index (χ2n) is 8.72. The van der Waals surface area contributed by atoms with E-state index in [0.717, 1.165) is 65.1 Å². The number of thiazole rings is 1. The molecular weight excluding hydrogens is 488 g/mol. The second-order valence-corrected chi connectivity index (χ2v) is 11.1. The van der Waals surface area contributed by atoms with Gasteiger partial charge in [-0.25, -0.2) is 19.9 Å². The van der Waals surface area contributed by atoms with E-state index in [1.54, 1.807) is 17.5 Å². The predicted octanol–water partition coefficient (Wildman–Crippen LogP) is 4.40. The summed E-state index contributed by atoms with van der Waals surface area (Å²) in [5.74, 6) is 1.10. The number of aromatic nitrogens is 4. The molecule has 3 aromatic rings. The van der Waals surface area contributed by atoms with Crippen molar-refractivity contribution in [3.8, 4) is 0 Å². The number of allylic oxidation sites excluding steroid dienone is 2. The Kier molecular flexibility index (Phi) is 6.18. The maximum atomic E-state index is 6.67. The molecule has 5 rings (SSSR count). The van der Waals surface area contributed by atoms with E-state index in [-0.39, 0.29) is 17.3 Å². The Bertz CT molecular complexity index is 1320. The fraction of sp³-hybridized carbons (Fsp3) is 0.391. The standard InChI is InChI=1S/C23H27ClN8S2/c1-4-14(16(24)20(26)27-3)34-18-13(2)30-22(32-10-7-28-21(18)32)31-8-5-23(6-9-31)11-15-17(19(23)25)29-12-33-15/h4,7,10,12,19H,3,5-6,8-9,11,25-26H2,1-2H3/b14-4+,20-16+/t19-/m1/s1. The quantitative estimate of drug-likeness (QED) is 0.295. The van der Waals surface area contributed by atoms with Gasteiger partial charge in [0.25, 0.3) is 0 Å². The average Bonchev–Trinajstić information content (AvgIpc) is 3.56. The highest BCUT2D eigenvalue weighted by Gasteiger charge is 2.47. The minimum Gasteiger partial charge on any atom is -0.382 e. The number of thioether (sulfide) groups is 1. The molecule has 0 amide bonds. The average molecular weight is 515 g/mol. The molecule has 3 aromatic heterocycles. The number of rotatable bonds is 5. The van der Waals surface area contributed by atoms with Crippen LogP contribution in [-0.2, 0) is 6.42 Å². The summed E-state index contributed by atoms with van der Waals surface area (Å²) in [6, 6.07) is 0.0205. The Morgan fingerprint density at radius 1 is 1.38 bits per heavy atom. The molecule has 0 aromatic carbocycles. The monoisotopic (exact) mass is 514 g/mol. The van der Waals surface area contributed by atoms with Crippen molar-refractivity contribution in [2.45, 2.75) is 44.0 Å². The molecule has 0 unspecified atom stereocenters. The van der Waals surface area contributed by atoms with E-state index in [0.29, 0.717) is 5.03 Å². The van der Waals surface area contributed by atoms with Gasteiger partial charge in [-0.2, -0.15) is 0 Å². The number of fused-ring (bicyclic) bond motifs is 2. The van der Waals surface area contributed by atoms with Crippen molar-refractivity contribution in [2.24, 2.45) is 21.9 Å². The molecule has 1 aliphatic heterocycles. The first-order valence-corrected chi connectivity index (χ1v) is 13.2. The van der Waals surface area contributed by atoms with E-state index in [1.807, 2.05) is 31.6 Å². The van der Waals surface area contributed by atoms with Gasteiger partial charge in [0.05, 0.1) is 32.9 Å². The summed E-state index contributed by atoms with van der Waals surface area (Å²) in [4.78, 5) is 23.4. The summed E-state index contributed by atoms with van der Waals surface area (Å²) >= 11 is 9.65. The number of hydrogen-bond donors (Lipinski definition) is 2. The Balaban J connectivity index is 1.42. The lowest BCUT2D eigenvalue weighted by Crippen LogP contribution is -2.45. The zero-order valence-corrected chi connectivity index (χ0v) is 21.6. The lowest BCUT2D eigenvalue weighted by atomic mass is 9.74. The zero-order valence-electron chi connectivity index (χ0n) is 19.2. The van der Waals surface area contributed by atoms with Crippen LogP contribution < -0.4 is 16.4 Å². The van der Waals surface area contributed by atoms with Gasteiger partial charge in [-0.15, -0.1) is 11.3 Å². The van der Waals surface area contributed by atoms with Gasteiger partial charge in [0.15, 0.2) is 5.65 Å². The van der Waals surface area contributed by atoms with Crippen LogP contribution in [0.3, 0.4) is 0 Å². The summed E-state index contributed by atoms with van der Waals surface area (Å²) < 4.78 is 2.06. The number of piperidine rings is 1. The van der Waals surface area contributed by atoms with Crippen molar-refractivity contribution in [1.29, 1.82) is 0 Å². The zero-order chi connectivity index (χ0) is 24.0. The van der Waals surface area contributed by atoms with Crippen molar-refractivity contribution in [3.05, 3.63) is 56.0 Å². The molecule has 1 saturated heterocycles. The molecule has 178 valence electrons. The van der Waals surface area contributed by atoms with Crippen LogP contribution in [0.25, 0.3) is 5.65 Å². The molecule has 1 atom stereocenters. The van der Waals surface area contributed by atoms with Gasteiger partial charge < -0.3 is 16.4 Å². The largest absolute Gasteiger partial charge is 0.382 e. The molecule has 2 aliphatic rings. The molecule has 0 radical (unpaired) electrons. The van der Waals surface area contributed by atoms with Gasteiger partial charge in [0, 0.05) is 35.3 Å². The molecule has 1 fully saturated rings. The molecule has 4 heterocycles. The third kappa shape index (κ3) is 3.73. The molecule has 0 bridgehead atoms. The minimum atomic E-state index is 0.0205. The fourth-order valence-corrected chi connectivity index (χ4v) is 7.17. The summed E-state index contributed by atoms with van der Waals surface area (Å²) in [6.45, 7) is 9.17. The molecule has 0 saturated carbocycles. The van der Waals surface area contributed by atoms with Crippen LogP contribution in [-0.4, -0.2) is 39.2 Å². The van der Waals surface area contributed by atoms with Crippen molar-refractivity contribution < 1.29 is 0 Å². The van der Waals surface area contributed by atoms with Gasteiger partial charge in [0.2, 0.25) is 5.95 Å². The lowest BCUT2D eigenvalue weighted by molar-refractivity contribution is 0.185.